The van der Waals surface area contributed by atoms with E-state index in [1.165, 1.54) is 55.7 Å². The van der Waals surface area contributed by atoms with Crippen LogP contribution in [-0.4, -0.2) is 24.1 Å². The maximum Gasteiger partial charge on any atom is 0.343 e. The summed E-state index contributed by atoms with van der Waals surface area (Å²) < 4.78 is 10.6. The minimum atomic E-state index is -1.10. The van der Waals surface area contributed by atoms with Gasteiger partial charge in [0.2, 0.25) is 0 Å². The molecule has 0 aliphatic carbocycles. The van der Waals surface area contributed by atoms with Gasteiger partial charge in [0.1, 0.15) is 11.5 Å². The van der Waals surface area contributed by atoms with Crippen molar-refractivity contribution in [1.29, 1.82) is 0 Å². The Labute approximate surface area is 183 Å². The van der Waals surface area contributed by atoms with Gasteiger partial charge in [-0.1, -0.05) is 29.8 Å². The number of nitrogens with one attached hydrogen (secondary N) is 1. The number of ketones is 1. The van der Waals surface area contributed by atoms with Gasteiger partial charge in [-0.15, -0.1) is 0 Å². The summed E-state index contributed by atoms with van der Waals surface area (Å²) in [5, 5.41) is 19.1. The lowest BCUT2D eigenvalue weighted by molar-refractivity contribution is -0.991. The molecule has 0 amide bonds. The van der Waals surface area contributed by atoms with Gasteiger partial charge in [0.25, 0.3) is 0 Å². The lowest BCUT2D eigenvalue weighted by Crippen LogP contribution is -2.99. The molecule has 0 aliphatic heterocycles. The lowest BCUT2D eigenvalue weighted by atomic mass is 10.1. The third-order valence-electron chi connectivity index (χ3n) is 4.33. The molecule has 0 radical (unpaired) electrons. The van der Waals surface area contributed by atoms with E-state index in [-0.39, 0.29) is 22.6 Å². The first-order chi connectivity index (χ1) is 14.9. The predicted molar refractivity (Wildman–Crippen MR) is 115 cm³/mol. The van der Waals surface area contributed by atoms with Crippen molar-refractivity contribution in [2.24, 2.45) is 0 Å². The number of hydrogen-bond acceptors (Lipinski definition) is 6. The topological polar surface area (TPSA) is 100 Å². The van der Waals surface area contributed by atoms with E-state index in [1.807, 2.05) is 12.1 Å². The van der Waals surface area contributed by atoms with Crippen molar-refractivity contribution < 1.29 is 29.5 Å². The molecule has 3 aromatic rings. The molecular weight excluding hydrogens is 422 g/mol. The Bertz CT molecular complexity index is 1130. The van der Waals surface area contributed by atoms with Crippen LogP contribution in [-0.2, 0) is 0 Å². The Morgan fingerprint density at radius 2 is 1.74 bits per heavy atom. The number of rotatable bonds is 7. The van der Waals surface area contributed by atoms with Crippen LogP contribution in [0.25, 0.3) is 6.08 Å². The normalized spacial score (nSPS) is 11.9. The average molecular weight is 440 g/mol. The van der Waals surface area contributed by atoms with Gasteiger partial charge in [0.15, 0.2) is 11.5 Å². The molecule has 8 heteroatoms. The smallest absolute Gasteiger partial charge is 0.343 e. The zero-order valence-corrected chi connectivity index (χ0v) is 17.1. The van der Waals surface area contributed by atoms with Crippen molar-refractivity contribution in [3.05, 3.63) is 99.7 Å². The summed E-state index contributed by atoms with van der Waals surface area (Å²) in [6.45, 7) is 0. The lowest BCUT2D eigenvalue weighted by Gasteiger charge is -2.12. The van der Waals surface area contributed by atoms with Crippen molar-refractivity contribution in [1.82, 2.24) is 0 Å². The van der Waals surface area contributed by atoms with Crippen LogP contribution in [0.3, 0.4) is 0 Å². The largest absolute Gasteiger partial charge is 0.595 e. The van der Waals surface area contributed by atoms with Crippen LogP contribution >= 0.6 is 11.6 Å². The van der Waals surface area contributed by atoms with E-state index < -0.39 is 17.0 Å². The molecule has 3 aromatic carbocycles. The summed E-state index contributed by atoms with van der Waals surface area (Å²) in [7, 11) is 1.53. The summed E-state index contributed by atoms with van der Waals surface area (Å²) in [5.74, 6) is -0.514. The number of halogens is 1. The molecule has 7 nitrogen and oxygen atoms in total. The number of hydrogen-bond donors (Lipinski definition) is 2. The van der Waals surface area contributed by atoms with Gasteiger partial charge in [-0.25, -0.2) is 10.0 Å². The minimum Gasteiger partial charge on any atom is -0.595 e. The molecule has 0 fully saturated rings. The monoisotopic (exact) mass is 439 g/mol. The first-order valence-corrected chi connectivity index (χ1v) is 9.47. The van der Waals surface area contributed by atoms with E-state index in [0.717, 1.165) is 0 Å². The van der Waals surface area contributed by atoms with E-state index in [0.29, 0.717) is 16.3 Å². The molecule has 2 N–H and O–H groups in total. The fourth-order valence-corrected chi connectivity index (χ4v) is 2.92. The Morgan fingerprint density at radius 1 is 1.03 bits per heavy atom. The molecule has 31 heavy (non-hydrogen) atoms. The summed E-state index contributed by atoms with van der Waals surface area (Å²) in [6.07, 6.45) is 2.93. The fourth-order valence-electron chi connectivity index (χ4n) is 2.75. The molecule has 0 saturated carbocycles. The standard InChI is InChI=1S/C23H18ClNO6/c1-30-21-5-3-2-4-15(21)8-12-20(26)19-14-17(24)9-13-22(19)31-23(27)16-6-10-18(11-7-16)25(28)29/h2-14,25,28H,1H3. The molecule has 158 valence electrons. The number of esters is 1. The summed E-state index contributed by atoms with van der Waals surface area (Å²) in [5.41, 5.74) is 0.995. The molecular formula is C23H18ClNO6. The van der Waals surface area contributed by atoms with Gasteiger partial charge < -0.3 is 14.7 Å². The minimum absolute atomic E-state index is 0.0337. The van der Waals surface area contributed by atoms with Crippen LogP contribution in [0, 0.1) is 5.21 Å². The number of methoxy groups -OCH3 is 1. The first-order valence-electron chi connectivity index (χ1n) is 9.09. The Hall–Kier alpha value is -3.49. The van der Waals surface area contributed by atoms with E-state index in [2.05, 4.69) is 0 Å². The molecule has 0 saturated heterocycles. The highest BCUT2D eigenvalue weighted by Gasteiger charge is 2.16. The maximum absolute atomic E-state index is 12.8. The maximum atomic E-state index is 12.8. The fraction of sp³-hybridized carbons (Fsp3) is 0.0435. The zero-order valence-electron chi connectivity index (χ0n) is 16.4. The SMILES string of the molecule is COc1ccccc1C=CC(=O)c1cc(Cl)ccc1OC(=O)c1ccc([NH+]([O-])O)cc1. The summed E-state index contributed by atoms with van der Waals surface area (Å²) in [6, 6.07) is 16.8. The van der Waals surface area contributed by atoms with Gasteiger partial charge in [0, 0.05) is 22.7 Å². The number of quaternary nitrogens is 1. The third-order valence-corrected chi connectivity index (χ3v) is 4.57. The van der Waals surface area contributed by atoms with Crippen molar-refractivity contribution >= 4 is 35.1 Å². The van der Waals surface area contributed by atoms with Gasteiger partial charge in [-0.2, -0.15) is 5.23 Å². The highest BCUT2D eigenvalue weighted by Crippen LogP contribution is 2.26. The second-order valence-electron chi connectivity index (χ2n) is 6.35. The van der Waals surface area contributed by atoms with E-state index in [1.54, 1.807) is 18.2 Å². The molecule has 0 aromatic heterocycles. The van der Waals surface area contributed by atoms with Crippen LogP contribution in [0.4, 0.5) is 5.69 Å². The van der Waals surface area contributed by atoms with Crippen LogP contribution in [0.5, 0.6) is 11.5 Å². The van der Waals surface area contributed by atoms with Gasteiger partial charge in [-0.3, -0.25) is 4.79 Å². The van der Waals surface area contributed by atoms with E-state index >= 15 is 0 Å². The van der Waals surface area contributed by atoms with Crippen LogP contribution in [0.1, 0.15) is 26.3 Å². The Morgan fingerprint density at radius 3 is 2.42 bits per heavy atom. The van der Waals surface area contributed by atoms with E-state index in [9.17, 15) is 14.8 Å². The van der Waals surface area contributed by atoms with Crippen molar-refractivity contribution in [2.45, 2.75) is 0 Å². The number of carbonyl (C=O) groups is 2. The predicted octanol–water partition coefficient (Wildman–Crippen LogP) is 3.87. The Kier molecular flexibility index (Phi) is 7.17. The van der Waals surface area contributed by atoms with Gasteiger partial charge >= 0.3 is 5.97 Å². The number of carbonyl (C=O) groups excluding carboxylic acids is 2. The summed E-state index contributed by atoms with van der Waals surface area (Å²) >= 11 is 6.03. The highest BCUT2D eigenvalue weighted by atomic mass is 35.5. The van der Waals surface area contributed by atoms with E-state index in [4.69, 9.17) is 26.3 Å². The molecule has 1 atom stereocenters. The molecule has 0 aliphatic rings. The second-order valence-corrected chi connectivity index (χ2v) is 6.79. The molecule has 0 bridgehead atoms. The number of ether oxygens (including phenoxy) is 2. The van der Waals surface area contributed by atoms with Crippen LogP contribution in [0.2, 0.25) is 5.02 Å². The quantitative estimate of drug-likeness (QED) is 0.190. The molecule has 3 rings (SSSR count). The summed E-state index contributed by atoms with van der Waals surface area (Å²) in [4.78, 5) is 25.3. The number of allylic oxidation sites excluding steroid dienone is 1. The molecule has 0 spiro atoms. The van der Waals surface area contributed by atoms with Crippen molar-refractivity contribution in [2.75, 3.05) is 7.11 Å². The number of para-hydroxylation sites is 1. The molecule has 1 unspecified atom stereocenters. The number of benzene rings is 3. The van der Waals surface area contributed by atoms with Crippen molar-refractivity contribution in [3.63, 3.8) is 0 Å². The highest BCUT2D eigenvalue weighted by molar-refractivity contribution is 6.31. The zero-order chi connectivity index (χ0) is 22.4. The van der Waals surface area contributed by atoms with Crippen molar-refractivity contribution in [3.8, 4) is 11.5 Å². The third kappa shape index (κ3) is 5.56. The average Bonchev–Trinajstić information content (AvgIpc) is 2.78. The Balaban J connectivity index is 1.84. The van der Waals surface area contributed by atoms with Crippen LogP contribution in [0.15, 0.2) is 72.8 Å². The van der Waals surface area contributed by atoms with Gasteiger partial charge in [0.05, 0.1) is 18.2 Å². The van der Waals surface area contributed by atoms with Crippen LogP contribution < -0.4 is 14.7 Å². The molecule has 0 heterocycles. The first kappa shape index (κ1) is 22.2. The second kappa shape index (κ2) is 10.0. The van der Waals surface area contributed by atoms with Gasteiger partial charge in [-0.05, 0) is 48.6 Å².